The molecular weight excluding hydrogens is 286 g/mol. The van der Waals surface area contributed by atoms with E-state index in [9.17, 15) is 14.4 Å². The molecule has 0 aromatic carbocycles. The first-order valence-electron chi connectivity index (χ1n) is 8.25. The number of Topliss-reactive ketones (excluding diaryl/α,β-unsaturated/α-hetero) is 1. The zero-order valence-corrected chi connectivity index (χ0v) is 12.9. The van der Waals surface area contributed by atoms with Crippen molar-refractivity contribution in [1.29, 1.82) is 0 Å². The summed E-state index contributed by atoms with van der Waals surface area (Å²) >= 11 is 0. The number of hydrogen-bond donors (Lipinski definition) is 2. The number of carboxylic acids is 1. The molecule has 0 radical (unpaired) electrons. The number of ether oxygens (including phenoxy) is 1. The van der Waals surface area contributed by atoms with Crippen molar-refractivity contribution in [2.24, 2.45) is 11.8 Å². The summed E-state index contributed by atoms with van der Waals surface area (Å²) in [6.45, 7) is 1.01. The van der Waals surface area contributed by atoms with Gasteiger partial charge in [0.2, 0.25) is 5.91 Å². The lowest BCUT2D eigenvalue weighted by Crippen LogP contribution is -2.51. The highest BCUT2D eigenvalue weighted by atomic mass is 16.5. The summed E-state index contributed by atoms with van der Waals surface area (Å²) < 4.78 is 5.26. The molecule has 2 rings (SSSR count). The van der Waals surface area contributed by atoms with Gasteiger partial charge in [-0.1, -0.05) is 25.7 Å². The summed E-state index contributed by atoms with van der Waals surface area (Å²) in [5.41, 5.74) is 0. The first-order valence-corrected chi connectivity index (χ1v) is 8.25. The third-order valence-corrected chi connectivity index (χ3v) is 4.75. The Kier molecular flexibility index (Phi) is 6.36. The van der Waals surface area contributed by atoms with Crippen LogP contribution in [0.1, 0.15) is 51.4 Å². The summed E-state index contributed by atoms with van der Waals surface area (Å²) in [7, 11) is 0. The van der Waals surface area contributed by atoms with Crippen molar-refractivity contribution in [2.75, 3.05) is 13.2 Å². The van der Waals surface area contributed by atoms with Crippen molar-refractivity contribution in [2.45, 2.75) is 57.4 Å². The molecule has 1 saturated carbocycles. The van der Waals surface area contributed by atoms with Crippen molar-refractivity contribution in [3.8, 4) is 0 Å². The van der Waals surface area contributed by atoms with Crippen LogP contribution in [-0.2, 0) is 19.1 Å². The van der Waals surface area contributed by atoms with Crippen LogP contribution in [0.4, 0.5) is 0 Å². The molecule has 0 aromatic heterocycles. The number of ketones is 1. The fourth-order valence-electron chi connectivity index (χ4n) is 3.39. The number of rotatable bonds is 5. The largest absolute Gasteiger partial charge is 0.475 e. The van der Waals surface area contributed by atoms with E-state index in [4.69, 9.17) is 9.84 Å². The van der Waals surface area contributed by atoms with Gasteiger partial charge in [-0.25, -0.2) is 4.79 Å². The van der Waals surface area contributed by atoms with Gasteiger partial charge in [0.15, 0.2) is 0 Å². The number of carbonyl (C=O) groups excluding carboxylic acids is 2. The molecule has 0 spiro atoms. The SMILES string of the molecule is O=C(O)C(=O)C(NC(=O)C1CCCCCC1)C1CCOCC1. The third kappa shape index (κ3) is 4.53. The van der Waals surface area contributed by atoms with Crippen molar-refractivity contribution in [3.63, 3.8) is 0 Å². The molecule has 1 amide bonds. The molecule has 2 N–H and O–H groups in total. The normalized spacial score (nSPS) is 22.5. The van der Waals surface area contributed by atoms with Gasteiger partial charge in [-0.05, 0) is 31.6 Å². The number of hydrogen-bond acceptors (Lipinski definition) is 4. The standard InChI is InChI=1S/C16H25NO5/c18-14(16(20)21)13(11-7-9-22-10-8-11)17-15(19)12-5-3-1-2-4-6-12/h11-13H,1-10H2,(H,17,19)(H,20,21). The van der Waals surface area contributed by atoms with Crippen molar-refractivity contribution >= 4 is 17.7 Å². The van der Waals surface area contributed by atoms with Crippen LogP contribution in [0.15, 0.2) is 0 Å². The third-order valence-electron chi connectivity index (χ3n) is 4.75. The Hall–Kier alpha value is -1.43. The molecule has 1 atom stereocenters. The lowest BCUT2D eigenvalue weighted by Gasteiger charge is -2.30. The summed E-state index contributed by atoms with van der Waals surface area (Å²) in [6.07, 6.45) is 7.19. The smallest absolute Gasteiger partial charge is 0.374 e. The van der Waals surface area contributed by atoms with Crippen LogP contribution in [0.3, 0.4) is 0 Å². The van der Waals surface area contributed by atoms with Crippen LogP contribution in [0, 0.1) is 11.8 Å². The Morgan fingerprint density at radius 1 is 0.955 bits per heavy atom. The quantitative estimate of drug-likeness (QED) is 0.593. The molecule has 2 fully saturated rings. The topological polar surface area (TPSA) is 92.7 Å². The van der Waals surface area contributed by atoms with Crippen LogP contribution in [0.25, 0.3) is 0 Å². The second-order valence-corrected chi connectivity index (χ2v) is 6.29. The number of carbonyl (C=O) groups is 3. The first-order chi connectivity index (χ1) is 10.6. The van der Waals surface area contributed by atoms with Crippen LogP contribution in [-0.4, -0.2) is 42.0 Å². The second kappa shape index (κ2) is 8.27. The van der Waals surface area contributed by atoms with Gasteiger partial charge in [-0.3, -0.25) is 9.59 Å². The van der Waals surface area contributed by atoms with Crippen LogP contribution < -0.4 is 5.32 Å². The second-order valence-electron chi connectivity index (χ2n) is 6.29. The minimum absolute atomic E-state index is 0.0913. The zero-order chi connectivity index (χ0) is 15.9. The molecule has 124 valence electrons. The Morgan fingerprint density at radius 3 is 2.09 bits per heavy atom. The monoisotopic (exact) mass is 311 g/mol. The van der Waals surface area contributed by atoms with Crippen molar-refractivity contribution in [1.82, 2.24) is 5.32 Å². The van der Waals surface area contributed by atoms with E-state index in [0.717, 1.165) is 38.5 Å². The molecule has 2 aliphatic rings. The number of aliphatic carboxylic acids is 1. The molecule has 1 saturated heterocycles. The molecule has 6 nitrogen and oxygen atoms in total. The van der Waals surface area contributed by atoms with Crippen molar-refractivity contribution < 1.29 is 24.2 Å². The Bertz CT molecular complexity index is 409. The van der Waals surface area contributed by atoms with Gasteiger partial charge in [-0.2, -0.15) is 0 Å². The summed E-state index contributed by atoms with van der Waals surface area (Å²) in [5, 5.41) is 11.8. The zero-order valence-electron chi connectivity index (χ0n) is 12.9. The van der Waals surface area contributed by atoms with E-state index in [1.807, 2.05) is 0 Å². The van der Waals surface area contributed by atoms with Crippen molar-refractivity contribution in [3.05, 3.63) is 0 Å². The summed E-state index contributed by atoms with van der Waals surface area (Å²) in [5.74, 6) is -2.78. The average Bonchev–Trinajstić information content (AvgIpc) is 2.81. The number of carboxylic acid groups (broad SMARTS) is 1. The summed E-state index contributed by atoms with van der Waals surface area (Å²) in [6, 6.07) is -0.919. The highest BCUT2D eigenvalue weighted by Gasteiger charge is 2.36. The molecule has 1 heterocycles. The van der Waals surface area contributed by atoms with Gasteiger partial charge in [-0.15, -0.1) is 0 Å². The van der Waals surface area contributed by atoms with Crippen LogP contribution >= 0.6 is 0 Å². The van der Waals surface area contributed by atoms with E-state index in [-0.39, 0.29) is 17.7 Å². The van der Waals surface area contributed by atoms with Gasteiger partial charge in [0.25, 0.3) is 5.78 Å². The number of nitrogens with one attached hydrogen (secondary N) is 1. The van der Waals surface area contributed by atoms with E-state index in [0.29, 0.717) is 26.1 Å². The van der Waals surface area contributed by atoms with E-state index < -0.39 is 17.8 Å². The fraction of sp³-hybridized carbons (Fsp3) is 0.812. The van der Waals surface area contributed by atoms with Gasteiger partial charge < -0.3 is 15.2 Å². The average molecular weight is 311 g/mol. The Morgan fingerprint density at radius 2 is 1.55 bits per heavy atom. The van der Waals surface area contributed by atoms with Crippen LogP contribution in [0.2, 0.25) is 0 Å². The predicted molar refractivity (Wildman–Crippen MR) is 79.3 cm³/mol. The Balaban J connectivity index is 2.02. The molecule has 1 aliphatic heterocycles. The number of amides is 1. The maximum Gasteiger partial charge on any atom is 0.374 e. The Labute approximate surface area is 130 Å². The lowest BCUT2D eigenvalue weighted by atomic mass is 9.88. The van der Waals surface area contributed by atoms with Gasteiger partial charge >= 0.3 is 5.97 Å². The summed E-state index contributed by atoms with van der Waals surface area (Å²) in [4.78, 5) is 35.5. The highest BCUT2D eigenvalue weighted by Crippen LogP contribution is 2.25. The molecule has 1 aliphatic carbocycles. The molecule has 0 aromatic rings. The molecule has 0 bridgehead atoms. The van der Waals surface area contributed by atoms with E-state index in [1.54, 1.807) is 0 Å². The van der Waals surface area contributed by atoms with Gasteiger partial charge in [0.1, 0.15) is 6.04 Å². The fourth-order valence-corrected chi connectivity index (χ4v) is 3.39. The maximum atomic E-state index is 12.4. The highest BCUT2D eigenvalue weighted by molar-refractivity contribution is 6.35. The minimum Gasteiger partial charge on any atom is -0.475 e. The molecule has 1 unspecified atom stereocenters. The van der Waals surface area contributed by atoms with Gasteiger partial charge in [0.05, 0.1) is 0 Å². The molecule has 6 heteroatoms. The van der Waals surface area contributed by atoms with E-state index in [2.05, 4.69) is 5.32 Å². The van der Waals surface area contributed by atoms with Crippen LogP contribution in [0.5, 0.6) is 0 Å². The maximum absolute atomic E-state index is 12.4. The molecular formula is C16H25NO5. The van der Waals surface area contributed by atoms with E-state index >= 15 is 0 Å². The lowest BCUT2D eigenvalue weighted by molar-refractivity contribution is -0.151. The molecule has 22 heavy (non-hydrogen) atoms. The van der Waals surface area contributed by atoms with Gasteiger partial charge in [0, 0.05) is 19.1 Å². The predicted octanol–water partition coefficient (Wildman–Crippen LogP) is 1.52. The first kappa shape index (κ1) is 16.9. The van der Waals surface area contributed by atoms with E-state index in [1.165, 1.54) is 0 Å². The minimum atomic E-state index is -1.47.